The molecule has 0 radical (unpaired) electrons. The van der Waals surface area contributed by atoms with Crippen LogP contribution in [0, 0.1) is 6.92 Å². The highest BCUT2D eigenvalue weighted by Gasteiger charge is 2.38. The Kier molecular flexibility index (Phi) is 5.01. The third kappa shape index (κ3) is 3.24. The highest BCUT2D eigenvalue weighted by atomic mass is 32.2. The predicted octanol–water partition coefficient (Wildman–Crippen LogP) is 3.54. The first kappa shape index (κ1) is 17.8. The molecule has 0 saturated carbocycles. The number of methoxy groups -OCH3 is 2. The molecule has 2 aromatic rings. The Morgan fingerprint density at radius 3 is 2.52 bits per heavy atom. The van der Waals surface area contributed by atoms with Gasteiger partial charge in [-0.25, -0.2) is 8.42 Å². The first-order chi connectivity index (χ1) is 12.0. The van der Waals surface area contributed by atoms with Crippen LogP contribution in [0.3, 0.4) is 0 Å². The van der Waals surface area contributed by atoms with Gasteiger partial charge in [-0.05, 0) is 43.0 Å². The fraction of sp³-hybridized carbons (Fsp3) is 0.368. The summed E-state index contributed by atoms with van der Waals surface area (Å²) in [5.41, 5.74) is 2.16. The Morgan fingerprint density at radius 1 is 1.08 bits per heavy atom. The van der Waals surface area contributed by atoms with Gasteiger partial charge in [0.05, 0.1) is 20.3 Å². The van der Waals surface area contributed by atoms with Crippen molar-refractivity contribution in [1.82, 2.24) is 4.31 Å². The van der Waals surface area contributed by atoms with Crippen molar-refractivity contribution in [1.29, 1.82) is 0 Å². The molecule has 1 atom stereocenters. The van der Waals surface area contributed by atoms with Gasteiger partial charge >= 0.3 is 0 Å². The normalized spacial score (nSPS) is 18.3. The molecule has 3 rings (SSSR count). The zero-order valence-corrected chi connectivity index (χ0v) is 15.5. The van der Waals surface area contributed by atoms with Crippen molar-refractivity contribution in [2.24, 2.45) is 0 Å². The van der Waals surface area contributed by atoms with E-state index in [1.807, 2.05) is 31.2 Å². The van der Waals surface area contributed by atoms with Crippen LogP contribution in [0.15, 0.2) is 47.4 Å². The molecule has 0 bridgehead atoms. The van der Waals surface area contributed by atoms with Crippen molar-refractivity contribution in [3.8, 4) is 11.5 Å². The van der Waals surface area contributed by atoms with Crippen LogP contribution in [-0.2, 0) is 10.0 Å². The molecule has 1 fully saturated rings. The van der Waals surface area contributed by atoms with Crippen LogP contribution in [0.5, 0.6) is 11.5 Å². The first-order valence-electron chi connectivity index (χ1n) is 8.28. The average molecular weight is 361 g/mol. The van der Waals surface area contributed by atoms with Gasteiger partial charge in [0, 0.05) is 12.6 Å². The summed E-state index contributed by atoms with van der Waals surface area (Å²) in [6, 6.07) is 12.7. The minimum absolute atomic E-state index is 0.148. The standard InChI is InChI=1S/C19H23NO4S/c1-14-7-4-5-8-16(14)17-9-6-12-20(17)25(21,22)19-13-15(23-2)10-11-18(19)24-3/h4-5,7-8,10-11,13,17H,6,9,12H2,1-3H3/t17-/m1/s1. The third-order valence-corrected chi connectivity index (χ3v) is 6.64. The monoisotopic (exact) mass is 361 g/mol. The Balaban J connectivity index is 2.06. The molecule has 0 N–H and O–H groups in total. The molecule has 2 aromatic carbocycles. The lowest BCUT2D eigenvalue weighted by atomic mass is 10.0. The molecule has 0 amide bonds. The molecule has 6 heteroatoms. The summed E-state index contributed by atoms with van der Waals surface area (Å²) in [7, 11) is -0.706. The second-order valence-electron chi connectivity index (χ2n) is 6.15. The van der Waals surface area contributed by atoms with E-state index in [9.17, 15) is 8.42 Å². The molecule has 25 heavy (non-hydrogen) atoms. The van der Waals surface area contributed by atoms with Crippen molar-refractivity contribution in [2.45, 2.75) is 30.7 Å². The topological polar surface area (TPSA) is 55.8 Å². The molecule has 0 aromatic heterocycles. The lowest BCUT2D eigenvalue weighted by Gasteiger charge is -2.26. The molecule has 0 spiro atoms. The summed E-state index contributed by atoms with van der Waals surface area (Å²) in [5, 5.41) is 0. The Hall–Kier alpha value is -2.05. The average Bonchev–Trinajstić information content (AvgIpc) is 3.12. The van der Waals surface area contributed by atoms with E-state index < -0.39 is 10.0 Å². The van der Waals surface area contributed by atoms with E-state index in [1.165, 1.54) is 20.3 Å². The fourth-order valence-corrected chi connectivity index (χ4v) is 5.26. The number of benzene rings is 2. The van der Waals surface area contributed by atoms with Gasteiger partial charge in [-0.1, -0.05) is 24.3 Å². The second-order valence-corrected chi connectivity index (χ2v) is 8.01. The maximum Gasteiger partial charge on any atom is 0.247 e. The van der Waals surface area contributed by atoms with Crippen molar-refractivity contribution in [2.75, 3.05) is 20.8 Å². The molecular formula is C19H23NO4S. The van der Waals surface area contributed by atoms with E-state index in [2.05, 4.69) is 0 Å². The largest absolute Gasteiger partial charge is 0.497 e. The molecule has 1 aliphatic rings. The lowest BCUT2D eigenvalue weighted by Crippen LogP contribution is -2.31. The summed E-state index contributed by atoms with van der Waals surface area (Å²) >= 11 is 0. The van der Waals surface area contributed by atoms with Crippen molar-refractivity contribution < 1.29 is 17.9 Å². The number of ether oxygens (including phenoxy) is 2. The van der Waals surface area contributed by atoms with Crippen LogP contribution in [-0.4, -0.2) is 33.5 Å². The fourth-order valence-electron chi connectivity index (χ4n) is 3.41. The van der Waals surface area contributed by atoms with Gasteiger partial charge in [0.1, 0.15) is 16.4 Å². The number of sulfonamides is 1. The number of rotatable bonds is 5. The van der Waals surface area contributed by atoms with Crippen LogP contribution in [0.4, 0.5) is 0 Å². The highest BCUT2D eigenvalue weighted by Crippen LogP contribution is 2.40. The van der Waals surface area contributed by atoms with E-state index in [0.717, 1.165) is 24.0 Å². The van der Waals surface area contributed by atoms with Gasteiger partial charge in [-0.15, -0.1) is 0 Å². The minimum atomic E-state index is -3.70. The second kappa shape index (κ2) is 7.06. The Labute approximate surface area is 149 Å². The summed E-state index contributed by atoms with van der Waals surface area (Å²) < 4.78 is 38.8. The van der Waals surface area contributed by atoms with Crippen molar-refractivity contribution >= 4 is 10.0 Å². The van der Waals surface area contributed by atoms with Crippen molar-refractivity contribution in [3.05, 3.63) is 53.6 Å². The minimum Gasteiger partial charge on any atom is -0.497 e. The van der Waals surface area contributed by atoms with Crippen molar-refractivity contribution in [3.63, 3.8) is 0 Å². The smallest absolute Gasteiger partial charge is 0.247 e. The molecule has 1 heterocycles. The van der Waals surface area contributed by atoms with Gasteiger partial charge in [0.2, 0.25) is 10.0 Å². The molecular weight excluding hydrogens is 338 g/mol. The zero-order chi connectivity index (χ0) is 18.0. The van der Waals surface area contributed by atoms with E-state index in [-0.39, 0.29) is 10.9 Å². The quantitative estimate of drug-likeness (QED) is 0.817. The van der Waals surface area contributed by atoms with Crippen LogP contribution in [0.25, 0.3) is 0 Å². The van der Waals surface area contributed by atoms with E-state index >= 15 is 0 Å². The molecule has 1 aliphatic heterocycles. The van der Waals surface area contributed by atoms with E-state index in [4.69, 9.17) is 9.47 Å². The molecule has 0 aliphatic carbocycles. The molecule has 134 valence electrons. The predicted molar refractivity (Wildman–Crippen MR) is 96.6 cm³/mol. The van der Waals surface area contributed by atoms with Crippen LogP contribution >= 0.6 is 0 Å². The van der Waals surface area contributed by atoms with Gasteiger partial charge in [-0.2, -0.15) is 4.31 Å². The zero-order valence-electron chi connectivity index (χ0n) is 14.7. The lowest BCUT2D eigenvalue weighted by molar-refractivity contribution is 0.375. The van der Waals surface area contributed by atoms with Gasteiger partial charge in [0.25, 0.3) is 0 Å². The molecule has 0 unspecified atom stereocenters. The molecule has 1 saturated heterocycles. The van der Waals surface area contributed by atoms with Crippen LogP contribution in [0.2, 0.25) is 0 Å². The Morgan fingerprint density at radius 2 is 1.84 bits per heavy atom. The summed E-state index contributed by atoms with van der Waals surface area (Å²) in [4.78, 5) is 0.148. The summed E-state index contributed by atoms with van der Waals surface area (Å²) in [5.74, 6) is 0.822. The summed E-state index contributed by atoms with van der Waals surface area (Å²) in [6.07, 6.45) is 1.65. The van der Waals surface area contributed by atoms with E-state index in [1.54, 1.807) is 16.4 Å². The van der Waals surface area contributed by atoms with Crippen LogP contribution < -0.4 is 9.47 Å². The van der Waals surface area contributed by atoms with Gasteiger partial charge in [-0.3, -0.25) is 0 Å². The SMILES string of the molecule is COc1ccc(OC)c(S(=O)(=O)N2CCC[C@@H]2c2ccccc2C)c1. The van der Waals surface area contributed by atoms with Gasteiger partial charge < -0.3 is 9.47 Å². The highest BCUT2D eigenvalue weighted by molar-refractivity contribution is 7.89. The van der Waals surface area contributed by atoms with Crippen LogP contribution in [0.1, 0.15) is 30.0 Å². The number of nitrogens with zero attached hydrogens (tertiary/aromatic N) is 1. The maximum atomic E-state index is 13.4. The number of hydrogen-bond donors (Lipinski definition) is 0. The number of aryl methyl sites for hydroxylation is 1. The summed E-state index contributed by atoms with van der Waals surface area (Å²) in [6.45, 7) is 2.52. The van der Waals surface area contributed by atoms with Gasteiger partial charge in [0.15, 0.2) is 0 Å². The third-order valence-electron chi connectivity index (χ3n) is 4.71. The first-order valence-corrected chi connectivity index (χ1v) is 9.72. The maximum absolute atomic E-state index is 13.4. The Bertz CT molecular complexity index is 863. The number of hydrogen-bond acceptors (Lipinski definition) is 4. The van der Waals surface area contributed by atoms with E-state index in [0.29, 0.717) is 18.0 Å². The molecule has 5 nitrogen and oxygen atoms in total.